The molecular formula is C10H19NO6S. The van der Waals surface area contributed by atoms with E-state index in [9.17, 15) is 18.0 Å². The molecule has 1 atom stereocenters. The Hall–Kier alpha value is -1.15. The van der Waals surface area contributed by atoms with Gasteiger partial charge in [-0.1, -0.05) is 0 Å². The standard InChI is InChI=1S/C10H19NO6S/c1-8(12)11-9(10(13)14)7-18(15,16)6-4-3-5-17-2/h9H,3-7H2,1-2H3,(H,11,12)(H,13,14). The summed E-state index contributed by atoms with van der Waals surface area (Å²) >= 11 is 0. The number of hydrogen-bond acceptors (Lipinski definition) is 5. The minimum absolute atomic E-state index is 0.111. The molecule has 0 aliphatic carbocycles. The monoisotopic (exact) mass is 281 g/mol. The molecule has 0 aromatic heterocycles. The topological polar surface area (TPSA) is 110 Å². The molecule has 0 rings (SSSR count). The van der Waals surface area contributed by atoms with E-state index in [1.165, 1.54) is 7.11 Å². The third kappa shape index (κ3) is 8.02. The number of hydrogen-bond donors (Lipinski definition) is 2. The van der Waals surface area contributed by atoms with Crippen LogP contribution in [0, 0.1) is 0 Å². The number of aliphatic carboxylic acids is 1. The Morgan fingerprint density at radius 3 is 2.39 bits per heavy atom. The van der Waals surface area contributed by atoms with Crippen molar-refractivity contribution in [2.24, 2.45) is 0 Å². The zero-order valence-corrected chi connectivity index (χ0v) is 11.3. The number of ether oxygens (including phenoxy) is 1. The largest absolute Gasteiger partial charge is 0.480 e. The van der Waals surface area contributed by atoms with Crippen LogP contribution in [-0.2, 0) is 24.2 Å². The number of carbonyl (C=O) groups is 2. The SMILES string of the molecule is COCCCCS(=O)(=O)CC(NC(C)=O)C(=O)O. The molecular weight excluding hydrogens is 262 g/mol. The molecule has 0 radical (unpaired) electrons. The van der Waals surface area contributed by atoms with Crippen LogP contribution < -0.4 is 5.32 Å². The maximum Gasteiger partial charge on any atom is 0.327 e. The predicted octanol–water partition coefficient (Wildman–Crippen LogP) is -0.583. The minimum Gasteiger partial charge on any atom is -0.480 e. The van der Waals surface area contributed by atoms with Crippen molar-refractivity contribution >= 4 is 21.7 Å². The van der Waals surface area contributed by atoms with Crippen molar-refractivity contribution < 1.29 is 27.9 Å². The van der Waals surface area contributed by atoms with Gasteiger partial charge in [-0.3, -0.25) is 4.79 Å². The lowest BCUT2D eigenvalue weighted by Gasteiger charge is -2.13. The Morgan fingerprint density at radius 1 is 1.33 bits per heavy atom. The molecule has 0 aliphatic rings. The Morgan fingerprint density at radius 2 is 1.94 bits per heavy atom. The van der Waals surface area contributed by atoms with Gasteiger partial charge in [0, 0.05) is 20.6 Å². The number of methoxy groups -OCH3 is 1. The van der Waals surface area contributed by atoms with Crippen LogP contribution in [0.15, 0.2) is 0 Å². The average Bonchev–Trinajstić information content (AvgIpc) is 2.22. The first-order valence-electron chi connectivity index (χ1n) is 5.48. The van der Waals surface area contributed by atoms with Gasteiger partial charge in [0.1, 0.15) is 6.04 Å². The number of unbranched alkanes of at least 4 members (excludes halogenated alkanes) is 1. The number of carbonyl (C=O) groups excluding carboxylic acids is 1. The van der Waals surface area contributed by atoms with Crippen LogP contribution in [0.4, 0.5) is 0 Å². The first-order chi connectivity index (χ1) is 8.28. The molecule has 1 unspecified atom stereocenters. The molecule has 0 heterocycles. The molecule has 0 aromatic carbocycles. The fourth-order valence-corrected chi connectivity index (χ4v) is 2.87. The van der Waals surface area contributed by atoms with E-state index in [1.807, 2.05) is 0 Å². The van der Waals surface area contributed by atoms with Crippen molar-refractivity contribution in [1.29, 1.82) is 0 Å². The van der Waals surface area contributed by atoms with Crippen molar-refractivity contribution in [2.45, 2.75) is 25.8 Å². The Kier molecular flexibility index (Phi) is 7.53. The Labute approximate surface area is 106 Å². The quantitative estimate of drug-likeness (QED) is 0.547. The van der Waals surface area contributed by atoms with Crippen LogP contribution in [0.5, 0.6) is 0 Å². The number of carboxylic acids is 1. The molecule has 7 nitrogen and oxygen atoms in total. The van der Waals surface area contributed by atoms with Crippen LogP contribution in [-0.4, -0.2) is 56.7 Å². The first-order valence-corrected chi connectivity index (χ1v) is 7.30. The zero-order chi connectivity index (χ0) is 14.2. The summed E-state index contributed by atoms with van der Waals surface area (Å²) in [6.45, 7) is 1.60. The molecule has 0 aliphatic heterocycles. The second kappa shape index (κ2) is 8.04. The highest BCUT2D eigenvalue weighted by Crippen LogP contribution is 2.01. The summed E-state index contributed by atoms with van der Waals surface area (Å²) in [5.41, 5.74) is 0. The average molecular weight is 281 g/mol. The second-order valence-corrected chi connectivity index (χ2v) is 6.13. The zero-order valence-electron chi connectivity index (χ0n) is 10.5. The summed E-state index contributed by atoms with van der Waals surface area (Å²) in [5, 5.41) is 10.9. The third-order valence-electron chi connectivity index (χ3n) is 2.15. The van der Waals surface area contributed by atoms with Crippen molar-refractivity contribution in [2.75, 3.05) is 25.2 Å². The van der Waals surface area contributed by atoms with Gasteiger partial charge in [-0.25, -0.2) is 13.2 Å². The van der Waals surface area contributed by atoms with Gasteiger partial charge in [-0.15, -0.1) is 0 Å². The summed E-state index contributed by atoms with van der Waals surface area (Å²) in [6, 6.07) is -1.39. The van der Waals surface area contributed by atoms with E-state index >= 15 is 0 Å². The van der Waals surface area contributed by atoms with Gasteiger partial charge in [0.15, 0.2) is 9.84 Å². The number of carboxylic acid groups (broad SMARTS) is 1. The number of nitrogens with one attached hydrogen (secondary N) is 1. The summed E-state index contributed by atoms with van der Waals surface area (Å²) < 4.78 is 28.1. The van der Waals surface area contributed by atoms with E-state index in [1.54, 1.807) is 0 Å². The molecule has 0 aromatic rings. The lowest BCUT2D eigenvalue weighted by atomic mass is 10.3. The van der Waals surface area contributed by atoms with E-state index < -0.39 is 33.5 Å². The molecule has 106 valence electrons. The molecule has 8 heteroatoms. The normalized spacial score (nSPS) is 13.0. The smallest absolute Gasteiger partial charge is 0.327 e. The maximum absolute atomic E-state index is 11.6. The van der Waals surface area contributed by atoms with Crippen LogP contribution in [0.1, 0.15) is 19.8 Å². The van der Waals surface area contributed by atoms with Gasteiger partial charge in [-0.2, -0.15) is 0 Å². The van der Waals surface area contributed by atoms with Crippen molar-refractivity contribution in [3.05, 3.63) is 0 Å². The van der Waals surface area contributed by atoms with E-state index in [0.717, 1.165) is 6.92 Å². The third-order valence-corrected chi connectivity index (χ3v) is 3.90. The number of sulfone groups is 1. The van der Waals surface area contributed by atoms with Gasteiger partial charge in [-0.05, 0) is 12.8 Å². The second-order valence-electron chi connectivity index (χ2n) is 3.91. The van der Waals surface area contributed by atoms with Crippen molar-refractivity contribution in [1.82, 2.24) is 5.32 Å². The minimum atomic E-state index is -3.50. The molecule has 1 amide bonds. The number of rotatable bonds is 9. The van der Waals surface area contributed by atoms with Gasteiger partial charge in [0.05, 0.1) is 11.5 Å². The van der Waals surface area contributed by atoms with Gasteiger partial charge in [0.25, 0.3) is 0 Å². The summed E-state index contributed by atoms with van der Waals surface area (Å²) in [6.07, 6.45) is 0.996. The summed E-state index contributed by atoms with van der Waals surface area (Å²) in [7, 11) is -1.98. The predicted molar refractivity (Wildman–Crippen MR) is 65.0 cm³/mol. The molecule has 0 saturated carbocycles. The van der Waals surface area contributed by atoms with Crippen LogP contribution in [0.25, 0.3) is 0 Å². The van der Waals surface area contributed by atoms with E-state index in [4.69, 9.17) is 9.84 Å². The molecule has 0 bridgehead atoms. The molecule has 0 saturated heterocycles. The van der Waals surface area contributed by atoms with Crippen molar-refractivity contribution in [3.8, 4) is 0 Å². The summed E-state index contributed by atoms with van der Waals surface area (Å²) in [5.74, 6) is -2.63. The molecule has 2 N–H and O–H groups in total. The van der Waals surface area contributed by atoms with Gasteiger partial charge in [0.2, 0.25) is 5.91 Å². The number of amides is 1. The molecule has 18 heavy (non-hydrogen) atoms. The fraction of sp³-hybridized carbons (Fsp3) is 0.800. The summed E-state index contributed by atoms with van der Waals surface area (Å²) in [4.78, 5) is 21.5. The van der Waals surface area contributed by atoms with Gasteiger partial charge >= 0.3 is 5.97 Å². The highest BCUT2D eigenvalue weighted by molar-refractivity contribution is 7.91. The molecule has 0 spiro atoms. The highest BCUT2D eigenvalue weighted by Gasteiger charge is 2.25. The molecule has 0 fully saturated rings. The Bertz CT molecular complexity index is 378. The maximum atomic E-state index is 11.6. The van der Waals surface area contributed by atoms with Crippen LogP contribution >= 0.6 is 0 Å². The fourth-order valence-electron chi connectivity index (χ4n) is 1.33. The van der Waals surface area contributed by atoms with Crippen LogP contribution in [0.2, 0.25) is 0 Å². The van der Waals surface area contributed by atoms with Crippen molar-refractivity contribution in [3.63, 3.8) is 0 Å². The first kappa shape index (κ1) is 16.9. The van der Waals surface area contributed by atoms with Gasteiger partial charge < -0.3 is 15.2 Å². The highest BCUT2D eigenvalue weighted by atomic mass is 32.2. The van der Waals surface area contributed by atoms with E-state index in [2.05, 4.69) is 5.32 Å². The van der Waals surface area contributed by atoms with Crippen LogP contribution in [0.3, 0.4) is 0 Å². The Balaban J connectivity index is 4.33. The lowest BCUT2D eigenvalue weighted by molar-refractivity contribution is -0.140. The lowest BCUT2D eigenvalue weighted by Crippen LogP contribution is -2.44. The van der Waals surface area contributed by atoms with E-state index in [-0.39, 0.29) is 5.75 Å². The van der Waals surface area contributed by atoms with E-state index in [0.29, 0.717) is 19.4 Å².